The molecular weight excluding hydrogens is 345 g/mol. The zero-order chi connectivity index (χ0) is 19.4. The van der Waals surface area contributed by atoms with Crippen LogP contribution >= 0.6 is 0 Å². The number of benzene rings is 2. The van der Waals surface area contributed by atoms with Crippen LogP contribution in [0.4, 0.5) is 10.3 Å². The molecule has 0 saturated heterocycles. The van der Waals surface area contributed by atoms with Crippen LogP contribution in [0.2, 0.25) is 0 Å². The van der Waals surface area contributed by atoms with Crippen LogP contribution < -0.4 is 11.2 Å². The average molecular weight is 367 g/mol. The van der Waals surface area contributed by atoms with E-state index in [1.165, 1.54) is 6.07 Å². The number of nitrogens with zero attached hydrogens (tertiary/aromatic N) is 3. The van der Waals surface area contributed by atoms with Crippen LogP contribution in [0.25, 0.3) is 11.1 Å². The summed E-state index contributed by atoms with van der Waals surface area (Å²) in [6.07, 6.45) is 0. The van der Waals surface area contributed by atoms with E-state index in [1.54, 1.807) is 31.2 Å². The molecule has 0 aliphatic carbocycles. The third-order valence-electron chi connectivity index (χ3n) is 4.11. The van der Waals surface area contributed by atoms with Gasteiger partial charge in [0.2, 0.25) is 5.96 Å². The second-order valence-corrected chi connectivity index (χ2v) is 6.42. The van der Waals surface area contributed by atoms with E-state index in [0.29, 0.717) is 11.3 Å². The summed E-state index contributed by atoms with van der Waals surface area (Å²) in [4.78, 5) is 4.11. The van der Waals surface area contributed by atoms with Gasteiger partial charge in [-0.3, -0.25) is 5.43 Å². The monoisotopic (exact) mass is 367 g/mol. The lowest BCUT2D eigenvalue weighted by Crippen LogP contribution is -2.41. The summed E-state index contributed by atoms with van der Waals surface area (Å²) in [5.41, 5.74) is 11.4. The van der Waals surface area contributed by atoms with Crippen LogP contribution in [-0.4, -0.2) is 30.2 Å². The number of guanidine groups is 1. The normalized spacial score (nSPS) is 13.0. The highest BCUT2D eigenvalue weighted by Crippen LogP contribution is 2.30. The summed E-state index contributed by atoms with van der Waals surface area (Å²) < 4.78 is 19.8. The fourth-order valence-corrected chi connectivity index (χ4v) is 2.73. The van der Waals surface area contributed by atoms with Gasteiger partial charge in [0, 0.05) is 31.6 Å². The van der Waals surface area contributed by atoms with E-state index in [9.17, 15) is 4.39 Å². The molecule has 0 spiro atoms. The standard InChI is InChI=1S/C20H22FN5O/c1-13(18-12-19(27-25-18)23-20(22)24-26(2)3)15-9-10-16(17(21)11-15)14-7-5-4-6-8-14/h4-13H,1-3H3,(H3,22,23,24). The number of rotatable bonds is 5. The summed E-state index contributed by atoms with van der Waals surface area (Å²) in [6.45, 7) is 1.93. The number of nitrogens with two attached hydrogens (primary N) is 1. The Morgan fingerprint density at radius 1 is 1.19 bits per heavy atom. The molecular formula is C20H22FN5O. The molecule has 3 N–H and O–H groups in total. The minimum Gasteiger partial charge on any atom is -0.368 e. The van der Waals surface area contributed by atoms with Crippen molar-refractivity contribution in [2.24, 2.45) is 10.7 Å². The number of hydrogen-bond donors (Lipinski definition) is 2. The molecule has 1 atom stereocenters. The lowest BCUT2D eigenvalue weighted by atomic mass is 9.95. The van der Waals surface area contributed by atoms with Crippen molar-refractivity contribution in [2.75, 3.05) is 14.1 Å². The van der Waals surface area contributed by atoms with Crippen LogP contribution in [0.1, 0.15) is 24.1 Å². The molecule has 0 aliphatic heterocycles. The Hall–Kier alpha value is -3.19. The third kappa shape index (κ3) is 4.51. The van der Waals surface area contributed by atoms with Gasteiger partial charge in [-0.25, -0.2) is 9.40 Å². The molecule has 0 bridgehead atoms. The predicted molar refractivity (Wildman–Crippen MR) is 104 cm³/mol. The van der Waals surface area contributed by atoms with Crippen LogP contribution in [-0.2, 0) is 0 Å². The summed E-state index contributed by atoms with van der Waals surface area (Å²) in [7, 11) is 3.59. The van der Waals surface area contributed by atoms with Gasteiger partial charge in [-0.2, -0.15) is 4.99 Å². The molecule has 0 fully saturated rings. The molecule has 3 aromatic rings. The third-order valence-corrected chi connectivity index (χ3v) is 4.11. The van der Waals surface area contributed by atoms with Crippen LogP contribution in [0.15, 0.2) is 64.1 Å². The number of aromatic nitrogens is 1. The molecule has 0 amide bonds. The van der Waals surface area contributed by atoms with Gasteiger partial charge in [-0.05, 0) is 17.2 Å². The first kappa shape index (κ1) is 18.6. The Bertz CT molecular complexity index is 937. The second kappa shape index (κ2) is 8.01. The molecule has 27 heavy (non-hydrogen) atoms. The summed E-state index contributed by atoms with van der Waals surface area (Å²) in [5, 5.41) is 5.70. The Kier molecular flexibility index (Phi) is 5.52. The maximum Gasteiger partial charge on any atom is 0.253 e. The molecule has 1 heterocycles. The number of aliphatic imine (C=N–C) groups is 1. The van der Waals surface area contributed by atoms with Gasteiger partial charge < -0.3 is 10.3 Å². The quantitative estimate of drug-likeness (QED) is 0.409. The van der Waals surface area contributed by atoms with Crippen LogP contribution in [0.5, 0.6) is 0 Å². The van der Waals surface area contributed by atoms with Crippen LogP contribution in [0.3, 0.4) is 0 Å². The Morgan fingerprint density at radius 2 is 1.93 bits per heavy atom. The van der Waals surface area contributed by atoms with Crippen molar-refractivity contribution in [3.8, 4) is 11.1 Å². The number of halogens is 1. The van der Waals surface area contributed by atoms with Gasteiger partial charge in [-0.1, -0.05) is 54.5 Å². The van der Waals surface area contributed by atoms with E-state index < -0.39 is 0 Å². The maximum atomic E-state index is 14.6. The van der Waals surface area contributed by atoms with Crippen molar-refractivity contribution in [3.05, 3.63) is 71.7 Å². The molecule has 0 saturated carbocycles. The Balaban J connectivity index is 1.80. The molecule has 1 unspecified atom stereocenters. The summed E-state index contributed by atoms with van der Waals surface area (Å²) in [6, 6.07) is 16.4. The Labute approximate surface area is 157 Å². The first-order chi connectivity index (χ1) is 12.9. The van der Waals surface area contributed by atoms with E-state index in [0.717, 1.165) is 11.1 Å². The lowest BCUT2D eigenvalue weighted by molar-refractivity contribution is 0.359. The molecule has 3 rings (SSSR count). The van der Waals surface area contributed by atoms with E-state index in [-0.39, 0.29) is 23.6 Å². The van der Waals surface area contributed by atoms with Crippen molar-refractivity contribution in [1.29, 1.82) is 0 Å². The van der Waals surface area contributed by atoms with E-state index in [1.807, 2.05) is 43.3 Å². The van der Waals surface area contributed by atoms with Crippen molar-refractivity contribution in [1.82, 2.24) is 15.6 Å². The number of hydrogen-bond acceptors (Lipinski definition) is 4. The van der Waals surface area contributed by atoms with E-state index >= 15 is 0 Å². The highest BCUT2D eigenvalue weighted by atomic mass is 19.1. The molecule has 1 aromatic heterocycles. The fraction of sp³-hybridized carbons (Fsp3) is 0.200. The van der Waals surface area contributed by atoms with Crippen molar-refractivity contribution in [3.63, 3.8) is 0 Å². The van der Waals surface area contributed by atoms with Crippen molar-refractivity contribution < 1.29 is 8.91 Å². The largest absolute Gasteiger partial charge is 0.368 e. The SMILES string of the molecule is CC(c1ccc(-c2ccccc2)c(F)c1)c1cc(/N=C(\N)NN(C)C)on1. The molecule has 0 aliphatic rings. The van der Waals surface area contributed by atoms with Crippen molar-refractivity contribution in [2.45, 2.75) is 12.8 Å². The highest BCUT2D eigenvalue weighted by Gasteiger charge is 2.16. The lowest BCUT2D eigenvalue weighted by Gasteiger charge is -2.11. The van der Waals surface area contributed by atoms with Gasteiger partial charge in [0.15, 0.2) is 0 Å². The fourth-order valence-electron chi connectivity index (χ4n) is 2.73. The zero-order valence-electron chi connectivity index (χ0n) is 15.5. The van der Waals surface area contributed by atoms with Gasteiger partial charge in [0.05, 0.1) is 5.69 Å². The van der Waals surface area contributed by atoms with E-state index in [4.69, 9.17) is 10.3 Å². The van der Waals surface area contributed by atoms with Gasteiger partial charge >= 0.3 is 0 Å². The summed E-state index contributed by atoms with van der Waals surface area (Å²) in [5.74, 6) is 0.0467. The highest BCUT2D eigenvalue weighted by molar-refractivity contribution is 5.79. The molecule has 7 heteroatoms. The minimum atomic E-state index is -0.272. The zero-order valence-corrected chi connectivity index (χ0v) is 15.5. The number of hydrazine groups is 1. The average Bonchev–Trinajstić information content (AvgIpc) is 3.09. The molecule has 140 valence electrons. The molecule has 6 nitrogen and oxygen atoms in total. The molecule has 2 aromatic carbocycles. The van der Waals surface area contributed by atoms with Gasteiger partial charge in [0.25, 0.3) is 5.88 Å². The summed E-state index contributed by atoms with van der Waals surface area (Å²) >= 11 is 0. The predicted octanol–water partition coefficient (Wildman–Crippen LogP) is 3.64. The molecule has 0 radical (unpaired) electrons. The smallest absolute Gasteiger partial charge is 0.253 e. The van der Waals surface area contributed by atoms with Crippen molar-refractivity contribution >= 4 is 11.8 Å². The maximum absolute atomic E-state index is 14.6. The van der Waals surface area contributed by atoms with E-state index in [2.05, 4.69) is 15.6 Å². The first-order valence-electron chi connectivity index (χ1n) is 8.53. The van der Waals surface area contributed by atoms with Gasteiger partial charge in [-0.15, -0.1) is 0 Å². The second-order valence-electron chi connectivity index (χ2n) is 6.42. The van der Waals surface area contributed by atoms with Crippen LogP contribution in [0, 0.1) is 5.82 Å². The first-order valence-corrected chi connectivity index (χ1v) is 8.53. The van der Waals surface area contributed by atoms with Gasteiger partial charge in [0.1, 0.15) is 5.82 Å². The Morgan fingerprint density at radius 3 is 2.59 bits per heavy atom. The topological polar surface area (TPSA) is 79.7 Å². The number of nitrogens with one attached hydrogen (secondary N) is 1. The minimum absolute atomic E-state index is 0.153.